The third kappa shape index (κ3) is 4.08. The summed E-state index contributed by atoms with van der Waals surface area (Å²) in [6, 6.07) is 9.36. The normalized spacial score (nSPS) is 13.7. The van der Waals surface area contributed by atoms with Gasteiger partial charge in [0.25, 0.3) is 0 Å². The van der Waals surface area contributed by atoms with E-state index < -0.39 is 17.7 Å². The maximum absolute atomic E-state index is 14.0. The zero-order valence-corrected chi connectivity index (χ0v) is 15.2. The van der Waals surface area contributed by atoms with Crippen LogP contribution in [0, 0.1) is 11.6 Å². The minimum Gasteiger partial charge on any atom is -0.485 e. The SMILES string of the molecule is Nc1ccc(-c2ccc(F)cc2F)nc1NC(=O)N1CC(Oc2cccnc2)C1. The van der Waals surface area contributed by atoms with Gasteiger partial charge in [-0.3, -0.25) is 10.3 Å². The molecule has 0 saturated carbocycles. The maximum Gasteiger partial charge on any atom is 0.323 e. The third-order valence-electron chi connectivity index (χ3n) is 4.43. The topological polar surface area (TPSA) is 93.4 Å². The van der Waals surface area contributed by atoms with Crippen molar-refractivity contribution in [3.63, 3.8) is 0 Å². The molecule has 7 nitrogen and oxygen atoms in total. The van der Waals surface area contributed by atoms with Gasteiger partial charge in [0.2, 0.25) is 0 Å². The van der Waals surface area contributed by atoms with Crippen molar-refractivity contribution in [3.05, 3.63) is 66.5 Å². The van der Waals surface area contributed by atoms with Crippen molar-refractivity contribution in [2.24, 2.45) is 0 Å². The van der Waals surface area contributed by atoms with E-state index in [2.05, 4.69) is 15.3 Å². The van der Waals surface area contributed by atoms with Gasteiger partial charge in [-0.15, -0.1) is 0 Å². The molecule has 1 saturated heterocycles. The second-order valence-corrected chi connectivity index (χ2v) is 6.52. The number of nitrogens with two attached hydrogens (primary N) is 1. The van der Waals surface area contributed by atoms with E-state index >= 15 is 0 Å². The minimum absolute atomic E-state index is 0.104. The number of amides is 2. The van der Waals surface area contributed by atoms with Gasteiger partial charge in [-0.1, -0.05) is 0 Å². The van der Waals surface area contributed by atoms with Crippen molar-refractivity contribution in [2.75, 3.05) is 24.1 Å². The highest BCUT2D eigenvalue weighted by Gasteiger charge is 2.32. The van der Waals surface area contributed by atoms with E-state index in [-0.39, 0.29) is 28.9 Å². The Bertz CT molecular complexity index is 1040. The van der Waals surface area contributed by atoms with E-state index in [4.69, 9.17) is 10.5 Å². The summed E-state index contributed by atoms with van der Waals surface area (Å²) < 4.78 is 32.9. The smallest absolute Gasteiger partial charge is 0.323 e. The van der Waals surface area contributed by atoms with Gasteiger partial charge < -0.3 is 15.4 Å². The zero-order chi connectivity index (χ0) is 20.4. The summed E-state index contributed by atoms with van der Waals surface area (Å²) in [7, 11) is 0. The van der Waals surface area contributed by atoms with Crippen LogP contribution in [-0.2, 0) is 0 Å². The van der Waals surface area contributed by atoms with E-state index in [0.29, 0.717) is 18.8 Å². The number of hydrogen-bond acceptors (Lipinski definition) is 5. The lowest BCUT2D eigenvalue weighted by atomic mass is 10.1. The lowest BCUT2D eigenvalue weighted by Crippen LogP contribution is -2.57. The van der Waals surface area contributed by atoms with Gasteiger partial charge in [-0.05, 0) is 36.4 Å². The first-order valence-electron chi connectivity index (χ1n) is 8.84. The van der Waals surface area contributed by atoms with Crippen LogP contribution >= 0.6 is 0 Å². The first kappa shape index (κ1) is 18.6. The number of nitrogen functional groups attached to an aromatic ring is 1. The first-order chi connectivity index (χ1) is 14.0. The fourth-order valence-corrected chi connectivity index (χ4v) is 2.89. The van der Waals surface area contributed by atoms with Crippen LogP contribution in [0.15, 0.2) is 54.9 Å². The van der Waals surface area contributed by atoms with Crippen molar-refractivity contribution in [1.82, 2.24) is 14.9 Å². The van der Waals surface area contributed by atoms with Crippen molar-refractivity contribution >= 4 is 17.5 Å². The Morgan fingerprint density at radius 3 is 2.76 bits per heavy atom. The second kappa shape index (κ2) is 7.70. The number of benzene rings is 1. The molecule has 0 unspecified atom stereocenters. The Hall–Kier alpha value is -3.75. The number of anilines is 2. The lowest BCUT2D eigenvalue weighted by molar-refractivity contribution is 0.0490. The number of pyridine rings is 2. The molecule has 29 heavy (non-hydrogen) atoms. The van der Waals surface area contributed by atoms with Gasteiger partial charge in [-0.25, -0.2) is 18.6 Å². The molecule has 1 aliphatic rings. The monoisotopic (exact) mass is 397 g/mol. The Morgan fingerprint density at radius 2 is 2.03 bits per heavy atom. The fourth-order valence-electron chi connectivity index (χ4n) is 2.89. The summed E-state index contributed by atoms with van der Waals surface area (Å²) in [5.74, 6) is -0.695. The van der Waals surface area contributed by atoms with Crippen molar-refractivity contribution in [1.29, 1.82) is 0 Å². The molecule has 0 atom stereocenters. The Morgan fingerprint density at radius 1 is 1.21 bits per heavy atom. The summed E-state index contributed by atoms with van der Waals surface area (Å²) >= 11 is 0. The highest BCUT2D eigenvalue weighted by atomic mass is 19.1. The van der Waals surface area contributed by atoms with Crippen LogP contribution in [0.5, 0.6) is 5.75 Å². The second-order valence-electron chi connectivity index (χ2n) is 6.52. The summed E-state index contributed by atoms with van der Waals surface area (Å²) in [6.07, 6.45) is 3.12. The lowest BCUT2D eigenvalue weighted by Gasteiger charge is -2.38. The summed E-state index contributed by atoms with van der Waals surface area (Å²) in [5, 5.41) is 2.62. The van der Waals surface area contributed by atoms with Crippen LogP contribution in [0.1, 0.15) is 0 Å². The van der Waals surface area contributed by atoms with Gasteiger partial charge in [-0.2, -0.15) is 0 Å². The highest BCUT2D eigenvalue weighted by molar-refractivity contribution is 5.92. The predicted octanol–water partition coefficient (Wildman–Crippen LogP) is 3.30. The Labute approximate surface area is 165 Å². The number of halogens is 2. The average Bonchev–Trinajstić information content (AvgIpc) is 2.67. The Kier molecular flexibility index (Phi) is 4.94. The zero-order valence-electron chi connectivity index (χ0n) is 15.2. The predicted molar refractivity (Wildman–Crippen MR) is 103 cm³/mol. The molecule has 3 aromatic rings. The molecule has 0 spiro atoms. The number of carbonyl (C=O) groups is 1. The van der Waals surface area contributed by atoms with Crippen molar-refractivity contribution in [2.45, 2.75) is 6.10 Å². The van der Waals surface area contributed by atoms with Crippen molar-refractivity contribution in [3.8, 4) is 17.0 Å². The van der Waals surface area contributed by atoms with Crippen LogP contribution in [-0.4, -0.2) is 40.1 Å². The number of nitrogens with zero attached hydrogens (tertiary/aromatic N) is 3. The summed E-state index contributed by atoms with van der Waals surface area (Å²) in [6.45, 7) is 0.791. The molecule has 4 rings (SSSR count). The summed E-state index contributed by atoms with van der Waals surface area (Å²) in [4.78, 5) is 22.2. The number of nitrogens with one attached hydrogen (secondary N) is 1. The number of carbonyl (C=O) groups excluding carboxylic acids is 1. The largest absolute Gasteiger partial charge is 0.485 e. The molecule has 1 fully saturated rings. The maximum atomic E-state index is 14.0. The van der Waals surface area contributed by atoms with Gasteiger partial charge in [0, 0.05) is 17.8 Å². The van der Waals surface area contributed by atoms with Crippen LogP contribution in [0.25, 0.3) is 11.3 Å². The van der Waals surface area contributed by atoms with Gasteiger partial charge in [0.05, 0.1) is 30.7 Å². The molecule has 2 aromatic heterocycles. The van der Waals surface area contributed by atoms with Crippen LogP contribution < -0.4 is 15.8 Å². The van der Waals surface area contributed by atoms with Gasteiger partial charge in [0.1, 0.15) is 23.5 Å². The number of urea groups is 1. The van der Waals surface area contributed by atoms with E-state index in [0.717, 1.165) is 12.1 Å². The van der Waals surface area contributed by atoms with Gasteiger partial charge >= 0.3 is 6.03 Å². The molecule has 2 amide bonds. The molecule has 148 valence electrons. The van der Waals surface area contributed by atoms with E-state index in [1.165, 1.54) is 23.1 Å². The molecule has 9 heteroatoms. The quantitative estimate of drug-likeness (QED) is 0.705. The standard InChI is InChI=1S/C20H17F2N5O2/c21-12-3-4-15(16(22)8-12)18-6-5-17(23)19(25-18)26-20(28)27-10-14(11-27)29-13-2-1-7-24-9-13/h1-9,14H,10-11,23H2,(H,25,26,28). The van der Waals surface area contributed by atoms with E-state index in [1.54, 1.807) is 24.5 Å². The molecular formula is C20H17F2N5O2. The third-order valence-corrected chi connectivity index (χ3v) is 4.43. The number of hydrogen-bond donors (Lipinski definition) is 2. The Balaban J connectivity index is 1.41. The molecule has 1 aliphatic heterocycles. The molecule has 3 heterocycles. The van der Waals surface area contributed by atoms with Gasteiger partial charge in [0.15, 0.2) is 5.82 Å². The average molecular weight is 397 g/mol. The van der Waals surface area contributed by atoms with Crippen LogP contribution in [0.2, 0.25) is 0 Å². The molecule has 0 bridgehead atoms. The number of aromatic nitrogens is 2. The minimum atomic E-state index is -0.752. The molecule has 0 radical (unpaired) electrons. The number of ether oxygens (including phenoxy) is 1. The molecule has 3 N–H and O–H groups in total. The molecular weight excluding hydrogens is 380 g/mol. The highest BCUT2D eigenvalue weighted by Crippen LogP contribution is 2.26. The molecule has 0 aliphatic carbocycles. The first-order valence-corrected chi connectivity index (χ1v) is 8.84. The van der Waals surface area contributed by atoms with E-state index in [1.807, 2.05) is 0 Å². The number of likely N-dealkylation sites (tertiary alicyclic amines) is 1. The van der Waals surface area contributed by atoms with Crippen LogP contribution in [0.4, 0.5) is 25.1 Å². The fraction of sp³-hybridized carbons (Fsp3) is 0.150. The number of rotatable bonds is 4. The van der Waals surface area contributed by atoms with E-state index in [9.17, 15) is 13.6 Å². The molecule has 1 aromatic carbocycles. The summed E-state index contributed by atoms with van der Waals surface area (Å²) in [5.41, 5.74) is 6.45. The van der Waals surface area contributed by atoms with Crippen molar-refractivity contribution < 1.29 is 18.3 Å². The van der Waals surface area contributed by atoms with Crippen LogP contribution in [0.3, 0.4) is 0 Å².